The van der Waals surface area contributed by atoms with E-state index in [0.29, 0.717) is 11.7 Å². The highest BCUT2D eigenvalue weighted by Gasteiger charge is 2.04. The molecule has 1 amide bonds. The van der Waals surface area contributed by atoms with Gasteiger partial charge in [-0.25, -0.2) is 4.98 Å². The molecule has 18 heavy (non-hydrogen) atoms. The first kappa shape index (κ1) is 12.6. The Bertz CT molecular complexity index is 534. The van der Waals surface area contributed by atoms with Crippen molar-refractivity contribution in [1.82, 2.24) is 4.98 Å². The van der Waals surface area contributed by atoms with Crippen molar-refractivity contribution < 1.29 is 9.53 Å². The van der Waals surface area contributed by atoms with Crippen molar-refractivity contribution in [2.24, 2.45) is 0 Å². The van der Waals surface area contributed by atoms with Gasteiger partial charge in [-0.05, 0) is 24.6 Å². The SMILES string of the molecule is [CH2]c1ccc(OCc2cnc(NC(C)=O)s2)cc1. The summed E-state index contributed by atoms with van der Waals surface area (Å²) in [5.41, 5.74) is 0.952. The summed E-state index contributed by atoms with van der Waals surface area (Å²) in [5, 5.41) is 3.23. The van der Waals surface area contributed by atoms with E-state index in [9.17, 15) is 4.79 Å². The van der Waals surface area contributed by atoms with Gasteiger partial charge in [-0.15, -0.1) is 0 Å². The van der Waals surface area contributed by atoms with Crippen LogP contribution in [-0.4, -0.2) is 10.9 Å². The van der Waals surface area contributed by atoms with Gasteiger partial charge in [0.15, 0.2) is 5.13 Å². The molecule has 0 saturated carbocycles. The molecular formula is C13H13N2O2S. The van der Waals surface area contributed by atoms with Crippen molar-refractivity contribution in [3.05, 3.63) is 47.8 Å². The van der Waals surface area contributed by atoms with E-state index in [1.54, 1.807) is 6.20 Å². The van der Waals surface area contributed by atoms with Gasteiger partial charge in [0.25, 0.3) is 0 Å². The number of nitrogens with one attached hydrogen (secondary N) is 1. The monoisotopic (exact) mass is 261 g/mol. The van der Waals surface area contributed by atoms with Crippen molar-refractivity contribution >= 4 is 22.4 Å². The van der Waals surface area contributed by atoms with Crippen LogP contribution < -0.4 is 10.1 Å². The van der Waals surface area contributed by atoms with Gasteiger partial charge in [0.1, 0.15) is 12.4 Å². The second-order valence-corrected chi connectivity index (χ2v) is 4.86. The molecule has 0 aliphatic rings. The van der Waals surface area contributed by atoms with Crippen LogP contribution >= 0.6 is 11.3 Å². The summed E-state index contributed by atoms with van der Waals surface area (Å²) >= 11 is 1.40. The molecule has 2 rings (SSSR count). The number of anilines is 1. The van der Waals surface area contributed by atoms with Crippen LogP contribution in [0.5, 0.6) is 5.75 Å². The van der Waals surface area contributed by atoms with Crippen LogP contribution in [0.15, 0.2) is 30.5 Å². The summed E-state index contributed by atoms with van der Waals surface area (Å²) < 4.78 is 5.60. The standard InChI is InChI=1S/C13H13N2O2S/c1-9-3-5-11(6-4-9)17-8-12-7-14-13(18-12)15-10(2)16/h3-7H,1,8H2,2H3,(H,14,15,16). The second kappa shape index (κ2) is 5.64. The maximum absolute atomic E-state index is 10.9. The highest BCUT2D eigenvalue weighted by molar-refractivity contribution is 7.15. The van der Waals surface area contributed by atoms with Crippen LogP contribution in [0.25, 0.3) is 0 Å². The van der Waals surface area contributed by atoms with E-state index < -0.39 is 0 Å². The Labute approximate surface area is 110 Å². The Hall–Kier alpha value is -1.88. The molecule has 2 aromatic rings. The van der Waals surface area contributed by atoms with Gasteiger partial charge in [-0.2, -0.15) is 0 Å². The Kier molecular flexibility index (Phi) is 3.94. The number of benzene rings is 1. The third kappa shape index (κ3) is 3.56. The normalized spacial score (nSPS) is 10.1. The number of amides is 1. The van der Waals surface area contributed by atoms with Crippen LogP contribution in [0.2, 0.25) is 0 Å². The van der Waals surface area contributed by atoms with Crippen molar-refractivity contribution in [2.45, 2.75) is 13.5 Å². The first-order valence-corrected chi connectivity index (χ1v) is 6.22. The predicted octanol–water partition coefficient (Wildman–Crippen LogP) is 2.86. The van der Waals surface area contributed by atoms with Gasteiger partial charge in [0.05, 0.1) is 4.88 Å². The molecule has 0 spiro atoms. The third-order valence-electron chi connectivity index (χ3n) is 2.14. The van der Waals surface area contributed by atoms with Gasteiger partial charge in [0.2, 0.25) is 5.91 Å². The van der Waals surface area contributed by atoms with Gasteiger partial charge in [-0.3, -0.25) is 4.79 Å². The Balaban J connectivity index is 1.92. The molecule has 0 saturated heterocycles. The lowest BCUT2D eigenvalue weighted by Crippen LogP contribution is -2.04. The molecule has 1 aromatic heterocycles. The van der Waals surface area contributed by atoms with Crippen LogP contribution in [0, 0.1) is 6.92 Å². The third-order valence-corrected chi connectivity index (χ3v) is 3.03. The Morgan fingerprint density at radius 1 is 1.44 bits per heavy atom. The van der Waals surface area contributed by atoms with E-state index in [0.717, 1.165) is 16.2 Å². The molecule has 1 N–H and O–H groups in total. The number of thiazole rings is 1. The van der Waals surface area contributed by atoms with Gasteiger partial charge < -0.3 is 10.1 Å². The Morgan fingerprint density at radius 3 is 2.83 bits per heavy atom. The first-order chi connectivity index (χ1) is 8.63. The maximum Gasteiger partial charge on any atom is 0.223 e. The minimum atomic E-state index is -0.122. The molecule has 0 fully saturated rings. The zero-order valence-electron chi connectivity index (χ0n) is 9.97. The summed E-state index contributed by atoms with van der Waals surface area (Å²) in [5.74, 6) is 0.666. The molecule has 5 heteroatoms. The molecule has 1 radical (unpaired) electrons. The largest absolute Gasteiger partial charge is 0.488 e. The molecule has 0 aliphatic heterocycles. The van der Waals surface area contributed by atoms with E-state index in [4.69, 9.17) is 4.74 Å². The lowest BCUT2D eigenvalue weighted by Gasteiger charge is -2.03. The summed E-state index contributed by atoms with van der Waals surface area (Å²) in [6.45, 7) is 5.70. The molecule has 0 bridgehead atoms. The first-order valence-electron chi connectivity index (χ1n) is 5.40. The minimum Gasteiger partial charge on any atom is -0.488 e. The van der Waals surface area contributed by atoms with Crippen molar-refractivity contribution in [2.75, 3.05) is 5.32 Å². The van der Waals surface area contributed by atoms with Gasteiger partial charge >= 0.3 is 0 Å². The van der Waals surface area contributed by atoms with E-state index in [1.165, 1.54) is 18.3 Å². The number of hydrogen-bond donors (Lipinski definition) is 1. The van der Waals surface area contributed by atoms with E-state index in [-0.39, 0.29) is 5.91 Å². The number of carbonyl (C=O) groups is 1. The van der Waals surface area contributed by atoms with Crippen molar-refractivity contribution in [3.8, 4) is 5.75 Å². The van der Waals surface area contributed by atoms with Crippen LogP contribution in [-0.2, 0) is 11.4 Å². The summed E-state index contributed by atoms with van der Waals surface area (Å²) in [6, 6.07) is 7.53. The average Bonchev–Trinajstić information content (AvgIpc) is 2.75. The predicted molar refractivity (Wildman–Crippen MR) is 71.7 cm³/mol. The highest BCUT2D eigenvalue weighted by Crippen LogP contribution is 2.20. The second-order valence-electron chi connectivity index (χ2n) is 3.75. The fourth-order valence-corrected chi connectivity index (χ4v) is 2.09. The van der Waals surface area contributed by atoms with Crippen LogP contribution in [0.1, 0.15) is 17.4 Å². The summed E-state index contributed by atoms with van der Waals surface area (Å²) in [6.07, 6.45) is 1.70. The van der Waals surface area contributed by atoms with Gasteiger partial charge in [-0.1, -0.05) is 23.5 Å². The van der Waals surface area contributed by atoms with Crippen LogP contribution in [0.4, 0.5) is 5.13 Å². The number of rotatable bonds is 4. The number of hydrogen-bond acceptors (Lipinski definition) is 4. The van der Waals surface area contributed by atoms with E-state index >= 15 is 0 Å². The Morgan fingerprint density at radius 2 is 2.17 bits per heavy atom. The molecule has 93 valence electrons. The topological polar surface area (TPSA) is 51.2 Å². The lowest BCUT2D eigenvalue weighted by molar-refractivity contribution is -0.114. The fraction of sp³-hybridized carbons (Fsp3) is 0.154. The minimum absolute atomic E-state index is 0.122. The zero-order chi connectivity index (χ0) is 13.0. The highest BCUT2D eigenvalue weighted by atomic mass is 32.1. The fourth-order valence-electron chi connectivity index (χ4n) is 1.32. The summed E-state index contributed by atoms with van der Waals surface area (Å²) in [7, 11) is 0. The molecule has 4 nitrogen and oxygen atoms in total. The molecular weight excluding hydrogens is 248 g/mol. The molecule has 0 aliphatic carbocycles. The lowest BCUT2D eigenvalue weighted by atomic mass is 10.2. The molecule has 0 atom stereocenters. The maximum atomic E-state index is 10.9. The van der Waals surface area contributed by atoms with Crippen molar-refractivity contribution in [1.29, 1.82) is 0 Å². The van der Waals surface area contributed by atoms with Crippen LogP contribution in [0.3, 0.4) is 0 Å². The molecule has 1 heterocycles. The molecule has 0 unspecified atom stereocenters. The number of carbonyl (C=O) groups excluding carboxylic acids is 1. The summed E-state index contributed by atoms with van der Waals surface area (Å²) in [4.78, 5) is 15.9. The molecule has 1 aromatic carbocycles. The smallest absolute Gasteiger partial charge is 0.223 e. The zero-order valence-corrected chi connectivity index (χ0v) is 10.8. The number of aromatic nitrogens is 1. The van der Waals surface area contributed by atoms with Crippen molar-refractivity contribution in [3.63, 3.8) is 0 Å². The number of ether oxygens (including phenoxy) is 1. The average molecular weight is 261 g/mol. The van der Waals surface area contributed by atoms with E-state index in [1.807, 2.05) is 24.3 Å². The quantitative estimate of drug-likeness (QED) is 0.920. The van der Waals surface area contributed by atoms with E-state index in [2.05, 4.69) is 17.2 Å². The van der Waals surface area contributed by atoms with Gasteiger partial charge in [0, 0.05) is 13.1 Å². The number of nitrogens with zero attached hydrogens (tertiary/aromatic N) is 1.